The number of hydrogen-bond acceptors (Lipinski definition) is 4. The first-order valence-corrected chi connectivity index (χ1v) is 8.43. The maximum absolute atomic E-state index is 12.3. The summed E-state index contributed by atoms with van der Waals surface area (Å²) in [5.41, 5.74) is 1.60. The lowest BCUT2D eigenvalue weighted by molar-refractivity contribution is 0.0893. The molecule has 6 nitrogen and oxygen atoms in total. The minimum Gasteiger partial charge on any atom is -0.380 e. The second-order valence-electron chi connectivity index (χ2n) is 6.28. The van der Waals surface area contributed by atoms with E-state index < -0.39 is 5.91 Å². The molecule has 3 rings (SSSR count). The zero-order valence-electron chi connectivity index (χ0n) is 14.6. The summed E-state index contributed by atoms with van der Waals surface area (Å²) in [5.74, 6) is -0.397. The average Bonchev–Trinajstić information content (AvgIpc) is 2.64. The lowest BCUT2D eigenvalue weighted by atomic mass is 10.1. The Morgan fingerprint density at radius 1 is 1.24 bits per heavy atom. The van der Waals surface area contributed by atoms with Crippen molar-refractivity contribution in [1.82, 2.24) is 4.57 Å². The number of aryl methyl sites for hydroxylation is 1. The van der Waals surface area contributed by atoms with Gasteiger partial charge in [-0.15, -0.1) is 0 Å². The highest BCUT2D eigenvalue weighted by atomic mass is 16.5. The van der Waals surface area contributed by atoms with E-state index in [1.807, 2.05) is 24.3 Å². The van der Waals surface area contributed by atoms with Gasteiger partial charge in [0.15, 0.2) is 0 Å². The number of aromatic nitrogens is 1. The van der Waals surface area contributed by atoms with Gasteiger partial charge >= 0.3 is 0 Å². The van der Waals surface area contributed by atoms with Crippen LogP contribution in [0.25, 0.3) is 0 Å². The van der Waals surface area contributed by atoms with Crippen LogP contribution in [0.15, 0.2) is 47.4 Å². The highest BCUT2D eigenvalue weighted by molar-refractivity contribution is 6.04. The number of amides is 1. The number of nitrogens with zero attached hydrogens (tertiary/aromatic N) is 2. The molecule has 1 amide bonds. The van der Waals surface area contributed by atoms with Crippen molar-refractivity contribution < 1.29 is 9.53 Å². The molecule has 0 unspecified atom stereocenters. The summed E-state index contributed by atoms with van der Waals surface area (Å²) in [6.45, 7) is 1.88. The van der Waals surface area contributed by atoms with Crippen LogP contribution in [0.1, 0.15) is 23.2 Å². The van der Waals surface area contributed by atoms with Crippen LogP contribution in [0.4, 0.5) is 11.4 Å². The second-order valence-corrected chi connectivity index (χ2v) is 6.28. The number of methoxy groups -OCH3 is 1. The molecule has 1 atom stereocenters. The Kier molecular flexibility index (Phi) is 5.19. The van der Waals surface area contributed by atoms with E-state index in [9.17, 15) is 9.59 Å². The fourth-order valence-corrected chi connectivity index (χ4v) is 3.09. The smallest absolute Gasteiger partial charge is 0.263 e. The van der Waals surface area contributed by atoms with Crippen LogP contribution in [0.5, 0.6) is 0 Å². The van der Waals surface area contributed by atoms with E-state index in [2.05, 4.69) is 10.2 Å². The summed E-state index contributed by atoms with van der Waals surface area (Å²) >= 11 is 0. The van der Waals surface area contributed by atoms with E-state index in [-0.39, 0.29) is 17.2 Å². The summed E-state index contributed by atoms with van der Waals surface area (Å²) in [7, 11) is 3.38. The molecule has 2 aromatic rings. The Morgan fingerprint density at radius 3 is 2.72 bits per heavy atom. The van der Waals surface area contributed by atoms with Gasteiger partial charge < -0.3 is 19.5 Å². The van der Waals surface area contributed by atoms with Gasteiger partial charge in [0.2, 0.25) is 0 Å². The van der Waals surface area contributed by atoms with Gasteiger partial charge in [0.05, 0.1) is 6.10 Å². The monoisotopic (exact) mass is 341 g/mol. The summed E-state index contributed by atoms with van der Waals surface area (Å²) in [6.07, 6.45) is 4.09. The maximum Gasteiger partial charge on any atom is 0.263 e. The highest BCUT2D eigenvalue weighted by Crippen LogP contribution is 2.23. The van der Waals surface area contributed by atoms with Crippen molar-refractivity contribution in [1.29, 1.82) is 0 Å². The van der Waals surface area contributed by atoms with Crippen molar-refractivity contribution in [3.63, 3.8) is 0 Å². The number of ether oxygens (including phenoxy) is 1. The zero-order valence-corrected chi connectivity index (χ0v) is 14.6. The predicted octanol–water partition coefficient (Wildman–Crippen LogP) is 2.25. The molecule has 1 aliphatic rings. The Labute approximate surface area is 147 Å². The topological polar surface area (TPSA) is 63.6 Å². The predicted molar refractivity (Wildman–Crippen MR) is 98.3 cm³/mol. The Hall–Kier alpha value is -2.60. The minimum absolute atomic E-state index is 0.132. The molecule has 0 bridgehead atoms. The molecule has 1 aliphatic heterocycles. The summed E-state index contributed by atoms with van der Waals surface area (Å²) < 4.78 is 6.85. The molecule has 25 heavy (non-hydrogen) atoms. The number of carbonyl (C=O) groups excluding carboxylic acids is 1. The van der Waals surface area contributed by atoms with Crippen LogP contribution in [-0.2, 0) is 11.8 Å². The van der Waals surface area contributed by atoms with Gasteiger partial charge in [-0.25, -0.2) is 0 Å². The lowest BCUT2D eigenvalue weighted by Gasteiger charge is -2.33. The maximum atomic E-state index is 12.3. The molecule has 132 valence electrons. The molecule has 0 saturated carbocycles. The number of rotatable bonds is 4. The standard InChI is InChI=1S/C19H23N3O3/c1-21-11-4-6-17(19(21)24)18(23)20-14-7-9-15(10-8-14)22-12-3-5-16(13-22)25-2/h4,6-11,16H,3,5,12-13H2,1-2H3,(H,20,23)/t16-/m0/s1. The van der Waals surface area contributed by atoms with E-state index in [4.69, 9.17) is 4.74 Å². The van der Waals surface area contributed by atoms with Crippen LogP contribution < -0.4 is 15.8 Å². The van der Waals surface area contributed by atoms with E-state index >= 15 is 0 Å². The van der Waals surface area contributed by atoms with Crippen LogP contribution in [-0.4, -0.2) is 36.8 Å². The molecule has 2 heterocycles. The minimum atomic E-state index is -0.397. The summed E-state index contributed by atoms with van der Waals surface area (Å²) in [5, 5.41) is 2.78. The Bertz CT molecular complexity index is 798. The van der Waals surface area contributed by atoms with Crippen LogP contribution in [0, 0.1) is 0 Å². The molecular formula is C19H23N3O3. The number of nitrogens with one attached hydrogen (secondary N) is 1. The number of pyridine rings is 1. The van der Waals surface area contributed by atoms with E-state index in [0.717, 1.165) is 31.6 Å². The van der Waals surface area contributed by atoms with Crippen LogP contribution >= 0.6 is 0 Å². The van der Waals surface area contributed by atoms with Gasteiger partial charge in [0.1, 0.15) is 5.56 Å². The molecule has 1 saturated heterocycles. The van der Waals surface area contributed by atoms with Crippen molar-refractivity contribution in [3.05, 3.63) is 58.5 Å². The van der Waals surface area contributed by atoms with Crippen molar-refractivity contribution >= 4 is 17.3 Å². The molecule has 1 aromatic heterocycles. The highest BCUT2D eigenvalue weighted by Gasteiger charge is 2.19. The third kappa shape index (κ3) is 3.91. The van der Waals surface area contributed by atoms with Crippen molar-refractivity contribution in [2.45, 2.75) is 18.9 Å². The Balaban J connectivity index is 1.69. The molecule has 1 N–H and O–H groups in total. The number of anilines is 2. The quantitative estimate of drug-likeness (QED) is 0.926. The number of carbonyl (C=O) groups is 1. The van der Waals surface area contributed by atoms with Crippen molar-refractivity contribution in [2.75, 3.05) is 30.4 Å². The first kappa shape index (κ1) is 17.2. The van der Waals surface area contributed by atoms with Gasteiger partial charge in [-0.3, -0.25) is 9.59 Å². The molecule has 6 heteroatoms. The van der Waals surface area contributed by atoms with Crippen LogP contribution in [0.3, 0.4) is 0 Å². The van der Waals surface area contributed by atoms with E-state index in [0.29, 0.717) is 5.69 Å². The molecular weight excluding hydrogens is 318 g/mol. The zero-order chi connectivity index (χ0) is 17.8. The van der Waals surface area contributed by atoms with Crippen molar-refractivity contribution in [2.24, 2.45) is 7.05 Å². The van der Waals surface area contributed by atoms with Gasteiger partial charge in [-0.2, -0.15) is 0 Å². The third-order valence-electron chi connectivity index (χ3n) is 4.57. The van der Waals surface area contributed by atoms with E-state index in [1.54, 1.807) is 26.4 Å². The first-order chi connectivity index (χ1) is 12.1. The van der Waals surface area contributed by atoms with Gasteiger partial charge in [0.25, 0.3) is 11.5 Å². The lowest BCUT2D eigenvalue weighted by Crippen LogP contribution is -2.39. The SMILES string of the molecule is CO[C@H]1CCCN(c2ccc(NC(=O)c3cccn(C)c3=O)cc2)C1. The first-order valence-electron chi connectivity index (χ1n) is 8.43. The molecule has 0 aliphatic carbocycles. The second kappa shape index (κ2) is 7.53. The number of hydrogen-bond donors (Lipinski definition) is 1. The van der Waals surface area contributed by atoms with Gasteiger partial charge in [-0.1, -0.05) is 0 Å². The number of piperidine rings is 1. The largest absolute Gasteiger partial charge is 0.380 e. The normalized spacial score (nSPS) is 17.4. The molecule has 1 aromatic carbocycles. The molecule has 1 fully saturated rings. The Morgan fingerprint density at radius 2 is 2.00 bits per heavy atom. The average molecular weight is 341 g/mol. The van der Waals surface area contributed by atoms with Gasteiger partial charge in [0, 0.05) is 44.8 Å². The third-order valence-corrected chi connectivity index (χ3v) is 4.57. The summed E-state index contributed by atoms with van der Waals surface area (Å²) in [6, 6.07) is 10.9. The fraction of sp³-hybridized carbons (Fsp3) is 0.368. The summed E-state index contributed by atoms with van der Waals surface area (Å²) in [4.78, 5) is 26.6. The van der Waals surface area contributed by atoms with Crippen molar-refractivity contribution in [3.8, 4) is 0 Å². The van der Waals surface area contributed by atoms with E-state index in [1.165, 1.54) is 10.6 Å². The molecule has 0 radical (unpaired) electrons. The van der Waals surface area contributed by atoms with Gasteiger partial charge in [-0.05, 0) is 49.2 Å². The number of benzene rings is 1. The molecule has 0 spiro atoms. The fourth-order valence-electron chi connectivity index (χ4n) is 3.09. The van der Waals surface area contributed by atoms with Crippen LogP contribution in [0.2, 0.25) is 0 Å².